The van der Waals surface area contributed by atoms with Crippen molar-refractivity contribution >= 4 is 33.4 Å². The molecule has 1 saturated heterocycles. The van der Waals surface area contributed by atoms with Crippen LogP contribution in [-0.4, -0.2) is 53.9 Å². The fourth-order valence-electron chi connectivity index (χ4n) is 1.98. The molecule has 1 atom stereocenters. The molecule has 0 aliphatic carbocycles. The Morgan fingerprint density at radius 2 is 2.25 bits per heavy atom. The maximum absolute atomic E-state index is 11.9. The number of nitrogens with two attached hydrogens (primary N) is 1. The van der Waals surface area contributed by atoms with Gasteiger partial charge < -0.3 is 10.6 Å². The topological polar surface area (TPSA) is 113 Å². The van der Waals surface area contributed by atoms with E-state index in [2.05, 4.69) is 9.97 Å². The van der Waals surface area contributed by atoms with Crippen LogP contribution < -0.4 is 10.6 Å². The van der Waals surface area contributed by atoms with Gasteiger partial charge in [0.15, 0.2) is 9.84 Å². The van der Waals surface area contributed by atoms with Gasteiger partial charge in [-0.25, -0.2) is 18.4 Å². The van der Waals surface area contributed by atoms with E-state index < -0.39 is 15.2 Å². The molecule has 110 valence electrons. The van der Waals surface area contributed by atoms with Gasteiger partial charge in [0, 0.05) is 30.0 Å². The average Bonchev–Trinajstić information content (AvgIpc) is 2.37. The van der Waals surface area contributed by atoms with Crippen molar-refractivity contribution in [1.29, 1.82) is 5.41 Å². The smallest absolute Gasteiger partial charge is 0.227 e. The second kappa shape index (κ2) is 5.57. The summed E-state index contributed by atoms with van der Waals surface area (Å²) in [6.07, 6.45) is 1.22. The van der Waals surface area contributed by atoms with Crippen LogP contribution in [0.5, 0.6) is 0 Å². The fraction of sp³-hybridized carbons (Fsp3) is 0.545. The van der Waals surface area contributed by atoms with Crippen LogP contribution >= 0.6 is 11.8 Å². The minimum Gasteiger partial charge on any atom is -0.382 e. The Hall–Kier alpha value is -1.35. The van der Waals surface area contributed by atoms with Gasteiger partial charge in [-0.2, -0.15) is 11.8 Å². The molecule has 0 spiro atoms. The molecule has 2 heterocycles. The maximum atomic E-state index is 11.9. The second-order valence-electron chi connectivity index (χ2n) is 4.66. The van der Waals surface area contributed by atoms with Crippen molar-refractivity contribution in [3.8, 4) is 0 Å². The van der Waals surface area contributed by atoms with Gasteiger partial charge in [0.1, 0.15) is 16.9 Å². The third-order valence-corrected chi connectivity index (χ3v) is 5.60. The Morgan fingerprint density at radius 3 is 2.85 bits per heavy atom. The van der Waals surface area contributed by atoms with E-state index >= 15 is 0 Å². The van der Waals surface area contributed by atoms with Crippen molar-refractivity contribution < 1.29 is 8.42 Å². The zero-order valence-corrected chi connectivity index (χ0v) is 13.0. The Labute approximate surface area is 122 Å². The van der Waals surface area contributed by atoms with Gasteiger partial charge in [0.05, 0.1) is 0 Å². The van der Waals surface area contributed by atoms with Crippen molar-refractivity contribution in [2.45, 2.75) is 12.3 Å². The van der Waals surface area contributed by atoms with Gasteiger partial charge >= 0.3 is 0 Å². The van der Waals surface area contributed by atoms with E-state index in [4.69, 9.17) is 11.1 Å². The third-order valence-electron chi connectivity index (χ3n) is 2.95. The van der Waals surface area contributed by atoms with Crippen LogP contribution in [0.15, 0.2) is 6.07 Å². The number of rotatable bonds is 3. The molecule has 3 N–H and O–H groups in total. The van der Waals surface area contributed by atoms with Gasteiger partial charge in [-0.15, -0.1) is 0 Å². The first kappa shape index (κ1) is 15.0. The summed E-state index contributed by atoms with van der Waals surface area (Å²) in [5.41, 5.74) is 6.43. The summed E-state index contributed by atoms with van der Waals surface area (Å²) >= 11 is 1.60. The molecule has 0 bridgehead atoms. The highest BCUT2D eigenvalue weighted by atomic mass is 32.2. The van der Waals surface area contributed by atoms with E-state index in [-0.39, 0.29) is 5.84 Å². The predicted molar refractivity (Wildman–Crippen MR) is 81.1 cm³/mol. The van der Waals surface area contributed by atoms with Gasteiger partial charge in [0.2, 0.25) is 5.95 Å². The van der Waals surface area contributed by atoms with Crippen LogP contribution in [0.1, 0.15) is 11.4 Å². The van der Waals surface area contributed by atoms with E-state index in [1.165, 1.54) is 6.26 Å². The molecule has 0 radical (unpaired) electrons. The van der Waals surface area contributed by atoms with Crippen LogP contribution in [0.3, 0.4) is 0 Å². The van der Waals surface area contributed by atoms with E-state index in [1.54, 1.807) is 29.7 Å². The quantitative estimate of drug-likeness (QED) is 0.596. The maximum Gasteiger partial charge on any atom is 0.227 e. The molecule has 20 heavy (non-hydrogen) atoms. The van der Waals surface area contributed by atoms with Crippen LogP contribution in [0.4, 0.5) is 5.95 Å². The van der Waals surface area contributed by atoms with Crippen LogP contribution in [0.2, 0.25) is 0 Å². The van der Waals surface area contributed by atoms with Crippen LogP contribution in [0.25, 0.3) is 0 Å². The molecule has 1 fully saturated rings. The summed E-state index contributed by atoms with van der Waals surface area (Å²) in [6.45, 7) is 2.33. The van der Waals surface area contributed by atoms with Crippen molar-refractivity contribution in [3.63, 3.8) is 0 Å². The Bertz CT molecular complexity index is 632. The number of thioether (sulfide) groups is 1. The first-order valence-corrected chi connectivity index (χ1v) is 9.13. The molecule has 0 amide bonds. The number of aromatic nitrogens is 2. The van der Waals surface area contributed by atoms with Crippen LogP contribution in [0, 0.1) is 12.3 Å². The first-order valence-electron chi connectivity index (χ1n) is 6.02. The number of hydrogen-bond donors (Lipinski definition) is 2. The monoisotopic (exact) mass is 315 g/mol. The molecule has 7 nitrogen and oxygen atoms in total. The number of sulfone groups is 1. The number of anilines is 1. The molecule has 1 aromatic heterocycles. The summed E-state index contributed by atoms with van der Waals surface area (Å²) in [5, 5.41) is 6.83. The molecule has 1 aromatic rings. The zero-order valence-electron chi connectivity index (χ0n) is 11.3. The highest BCUT2D eigenvalue weighted by Gasteiger charge is 2.33. The molecule has 1 aliphatic heterocycles. The largest absolute Gasteiger partial charge is 0.382 e. The Morgan fingerprint density at radius 1 is 1.55 bits per heavy atom. The van der Waals surface area contributed by atoms with Crippen LogP contribution in [-0.2, 0) is 9.84 Å². The summed E-state index contributed by atoms with van der Waals surface area (Å²) in [5.74, 6) is 1.48. The van der Waals surface area contributed by atoms with E-state index in [1.807, 2.05) is 0 Å². The zero-order chi connectivity index (χ0) is 14.9. The van der Waals surface area contributed by atoms with Crippen molar-refractivity contribution in [1.82, 2.24) is 9.97 Å². The number of hydrogen-bond acceptors (Lipinski definition) is 7. The van der Waals surface area contributed by atoms with Crippen molar-refractivity contribution in [3.05, 3.63) is 17.5 Å². The number of nitrogens with zero attached hydrogens (tertiary/aromatic N) is 3. The summed E-state index contributed by atoms with van der Waals surface area (Å²) in [7, 11) is -3.23. The normalized spacial score (nSPS) is 19.9. The lowest BCUT2D eigenvalue weighted by Crippen LogP contribution is -2.48. The first-order chi connectivity index (χ1) is 9.29. The number of nitrogen functional groups attached to an aromatic ring is 1. The summed E-state index contributed by atoms with van der Waals surface area (Å²) in [4.78, 5) is 10.2. The van der Waals surface area contributed by atoms with Gasteiger partial charge in [-0.3, -0.25) is 5.41 Å². The molecule has 1 aliphatic rings. The number of nitrogens with one attached hydrogen (secondary N) is 1. The van der Waals surface area contributed by atoms with Gasteiger partial charge in [0.25, 0.3) is 0 Å². The van der Waals surface area contributed by atoms with E-state index in [9.17, 15) is 8.42 Å². The SMILES string of the molecule is Cc1cc(C(=N)N)nc(N2CCSCC2S(C)(=O)=O)n1. The van der Waals surface area contributed by atoms with E-state index in [0.29, 0.717) is 29.6 Å². The lowest BCUT2D eigenvalue weighted by Gasteiger charge is -2.34. The standard InChI is InChI=1S/C11H17N5O2S2/c1-7-5-8(10(12)13)15-11(14-7)16-3-4-19-6-9(16)20(2,17)18/h5,9H,3-4,6H2,1-2H3,(H3,12,13). The molecule has 2 rings (SSSR count). The average molecular weight is 315 g/mol. The minimum atomic E-state index is -3.23. The molecule has 0 saturated carbocycles. The summed E-state index contributed by atoms with van der Waals surface area (Å²) in [6, 6.07) is 1.61. The highest BCUT2D eigenvalue weighted by Crippen LogP contribution is 2.24. The van der Waals surface area contributed by atoms with Gasteiger partial charge in [-0.05, 0) is 13.0 Å². The molecular formula is C11H17N5O2S2. The Balaban J connectivity index is 2.45. The van der Waals surface area contributed by atoms with Crippen molar-refractivity contribution in [2.24, 2.45) is 5.73 Å². The van der Waals surface area contributed by atoms with Crippen molar-refractivity contribution in [2.75, 3.05) is 29.2 Å². The fourth-order valence-corrected chi connectivity index (χ4v) is 4.80. The Kier molecular flexibility index (Phi) is 4.19. The predicted octanol–water partition coefficient (Wildman–Crippen LogP) is -0.00701. The molecule has 9 heteroatoms. The highest BCUT2D eigenvalue weighted by molar-refractivity contribution is 8.01. The van der Waals surface area contributed by atoms with E-state index in [0.717, 1.165) is 5.75 Å². The minimum absolute atomic E-state index is 0.154. The second-order valence-corrected chi connectivity index (χ2v) is 8.01. The summed E-state index contributed by atoms with van der Waals surface area (Å²) < 4.78 is 23.8. The number of aryl methyl sites for hydroxylation is 1. The number of amidine groups is 1. The third kappa shape index (κ3) is 3.21. The molecule has 0 aromatic carbocycles. The molecule has 1 unspecified atom stereocenters. The lowest BCUT2D eigenvalue weighted by atomic mass is 10.3. The molecular weight excluding hydrogens is 298 g/mol. The lowest BCUT2D eigenvalue weighted by molar-refractivity contribution is 0.582. The van der Waals surface area contributed by atoms with Gasteiger partial charge in [-0.1, -0.05) is 0 Å².